The number of carbonyl (C=O) groups is 1. The number of rotatable bonds is 8. The Morgan fingerprint density at radius 3 is 2.42 bits per heavy atom. The number of amidine groups is 1. The molecule has 0 fully saturated rings. The molecule has 0 saturated heterocycles. The van der Waals surface area contributed by atoms with Gasteiger partial charge in [-0.15, -0.1) is 0 Å². The highest BCUT2D eigenvalue weighted by atomic mass is 19.1. The second kappa shape index (κ2) is 11.2. The Kier molecular flexibility index (Phi) is 8.85. The molecule has 0 amide bonds. The molecule has 0 aromatic heterocycles. The first-order chi connectivity index (χ1) is 15.5. The summed E-state index contributed by atoms with van der Waals surface area (Å²) in [6, 6.07) is 3.65. The SMILES string of the molecule is CCOC1=C(OCC)/C(F)=C/C(=N)N(CC(=O)c2cc(C)c(OC)c(C(C)(C)C)c2)C\C=C\1. The first-order valence-electron chi connectivity index (χ1n) is 11.1. The standard InChI is InChI=1S/C26H35FN2O4/c1-8-32-22-11-10-12-29(23(28)15-20(27)25(22)33-9-2)16-21(30)18-13-17(3)24(31-7)19(14-18)26(4,5)6/h10-11,13-15,28H,8-9,12,16H2,1-7H3/b11-10+,20-15-,25-22-,28-23?. The van der Waals surface area contributed by atoms with Crippen LogP contribution in [0.2, 0.25) is 0 Å². The zero-order valence-corrected chi connectivity index (χ0v) is 20.7. The van der Waals surface area contributed by atoms with Gasteiger partial charge in [0.1, 0.15) is 11.6 Å². The molecule has 0 atom stereocenters. The van der Waals surface area contributed by atoms with E-state index in [9.17, 15) is 9.18 Å². The van der Waals surface area contributed by atoms with Crippen molar-refractivity contribution in [3.63, 3.8) is 0 Å². The number of Topliss-reactive ketones (excluding diaryl/α,β-unsaturated/α-hetero) is 1. The maximum Gasteiger partial charge on any atom is 0.197 e. The minimum absolute atomic E-state index is 0.0471. The van der Waals surface area contributed by atoms with Crippen molar-refractivity contribution >= 4 is 11.6 Å². The predicted octanol–water partition coefficient (Wildman–Crippen LogP) is 5.47. The van der Waals surface area contributed by atoms with Gasteiger partial charge in [0.2, 0.25) is 0 Å². The third-order valence-corrected chi connectivity index (χ3v) is 5.17. The summed E-state index contributed by atoms with van der Waals surface area (Å²) < 4.78 is 31.5. The van der Waals surface area contributed by atoms with Crippen molar-refractivity contribution in [2.45, 2.75) is 47.0 Å². The van der Waals surface area contributed by atoms with E-state index >= 15 is 0 Å². The lowest BCUT2D eigenvalue weighted by molar-refractivity contribution is 0.0966. The average molecular weight is 459 g/mol. The lowest BCUT2D eigenvalue weighted by Crippen LogP contribution is -2.34. The molecule has 0 unspecified atom stereocenters. The van der Waals surface area contributed by atoms with Crippen molar-refractivity contribution in [2.75, 3.05) is 33.4 Å². The topological polar surface area (TPSA) is 71.9 Å². The number of nitrogens with one attached hydrogen (secondary N) is 1. The monoisotopic (exact) mass is 458 g/mol. The lowest BCUT2D eigenvalue weighted by Gasteiger charge is -2.25. The van der Waals surface area contributed by atoms with Crippen molar-refractivity contribution < 1.29 is 23.4 Å². The van der Waals surface area contributed by atoms with Crippen molar-refractivity contribution in [1.29, 1.82) is 5.41 Å². The number of benzene rings is 1. The predicted molar refractivity (Wildman–Crippen MR) is 129 cm³/mol. The highest BCUT2D eigenvalue weighted by Gasteiger charge is 2.24. The second-order valence-corrected chi connectivity index (χ2v) is 8.77. The minimum atomic E-state index is -0.718. The summed E-state index contributed by atoms with van der Waals surface area (Å²) in [7, 11) is 1.62. The molecule has 0 aliphatic carbocycles. The van der Waals surface area contributed by atoms with E-state index in [4.69, 9.17) is 19.6 Å². The Labute approximate surface area is 196 Å². The van der Waals surface area contributed by atoms with Gasteiger partial charge in [-0.3, -0.25) is 10.2 Å². The van der Waals surface area contributed by atoms with Gasteiger partial charge in [0.05, 0.1) is 26.9 Å². The summed E-state index contributed by atoms with van der Waals surface area (Å²) in [5.74, 6) is -0.0314. The molecule has 0 bridgehead atoms. The number of nitrogens with zero attached hydrogens (tertiary/aromatic N) is 1. The van der Waals surface area contributed by atoms with Gasteiger partial charge in [-0.05, 0) is 50.0 Å². The first kappa shape index (κ1) is 26.2. The van der Waals surface area contributed by atoms with Crippen LogP contribution in [0, 0.1) is 12.3 Å². The molecular formula is C26H35FN2O4. The highest BCUT2D eigenvalue weighted by Crippen LogP contribution is 2.35. The van der Waals surface area contributed by atoms with Crippen molar-refractivity contribution in [1.82, 2.24) is 4.90 Å². The molecule has 7 heteroatoms. The van der Waals surface area contributed by atoms with Crippen LogP contribution in [0.1, 0.15) is 56.1 Å². The molecule has 180 valence electrons. The summed E-state index contributed by atoms with van der Waals surface area (Å²) in [5, 5.41) is 8.39. The lowest BCUT2D eigenvalue weighted by atomic mass is 9.83. The minimum Gasteiger partial charge on any atom is -0.496 e. The summed E-state index contributed by atoms with van der Waals surface area (Å²) in [5.41, 5.74) is 2.11. The van der Waals surface area contributed by atoms with Crippen LogP contribution in [0.4, 0.5) is 4.39 Å². The number of aryl methyl sites for hydroxylation is 1. The molecule has 2 rings (SSSR count). The van der Waals surface area contributed by atoms with Crippen molar-refractivity contribution in [2.24, 2.45) is 0 Å². The molecule has 0 radical (unpaired) electrons. The summed E-state index contributed by atoms with van der Waals surface area (Å²) in [6.07, 6.45) is 4.41. The molecule has 6 nitrogen and oxygen atoms in total. The van der Waals surface area contributed by atoms with Gasteiger partial charge in [0, 0.05) is 23.7 Å². The van der Waals surface area contributed by atoms with Gasteiger partial charge in [-0.2, -0.15) is 0 Å². The Balaban J connectivity index is 2.37. The van der Waals surface area contributed by atoms with E-state index < -0.39 is 5.83 Å². The second-order valence-electron chi connectivity index (χ2n) is 8.77. The van der Waals surface area contributed by atoms with Gasteiger partial charge in [0.15, 0.2) is 23.1 Å². The largest absolute Gasteiger partial charge is 0.496 e. The van der Waals surface area contributed by atoms with Gasteiger partial charge in [-0.25, -0.2) is 4.39 Å². The van der Waals surface area contributed by atoms with Gasteiger partial charge in [0.25, 0.3) is 0 Å². The smallest absolute Gasteiger partial charge is 0.197 e. The third kappa shape index (κ3) is 6.46. The van der Waals surface area contributed by atoms with Gasteiger partial charge < -0.3 is 19.1 Å². The van der Waals surface area contributed by atoms with Crippen LogP contribution in [0.25, 0.3) is 0 Å². The Bertz CT molecular complexity index is 987. The first-order valence-corrected chi connectivity index (χ1v) is 11.1. The number of ether oxygens (including phenoxy) is 3. The van der Waals surface area contributed by atoms with E-state index in [1.807, 2.05) is 13.0 Å². The number of hydrogen-bond acceptors (Lipinski definition) is 5. The summed E-state index contributed by atoms with van der Waals surface area (Å²) in [4.78, 5) is 14.7. The number of methoxy groups -OCH3 is 1. The molecule has 0 saturated carbocycles. The maximum absolute atomic E-state index is 14.9. The molecule has 1 aliphatic rings. The fourth-order valence-corrected chi connectivity index (χ4v) is 3.59. The van der Waals surface area contributed by atoms with Gasteiger partial charge in [-0.1, -0.05) is 26.8 Å². The van der Waals surface area contributed by atoms with E-state index in [1.54, 1.807) is 39.2 Å². The van der Waals surface area contributed by atoms with Crippen LogP contribution in [0.3, 0.4) is 0 Å². The quantitative estimate of drug-likeness (QED) is 0.523. The molecular weight excluding hydrogens is 423 g/mol. The van der Waals surface area contributed by atoms with E-state index in [0.29, 0.717) is 12.2 Å². The van der Waals surface area contributed by atoms with E-state index in [1.165, 1.54) is 4.90 Å². The van der Waals surface area contributed by atoms with Crippen LogP contribution < -0.4 is 4.74 Å². The van der Waals surface area contributed by atoms with Crippen molar-refractivity contribution in [3.8, 4) is 5.75 Å². The Hall–Kier alpha value is -3.09. The number of ketones is 1. The number of hydrogen-bond donors (Lipinski definition) is 1. The van der Waals surface area contributed by atoms with Crippen LogP contribution >= 0.6 is 0 Å². The summed E-state index contributed by atoms with van der Waals surface area (Å²) >= 11 is 0. The Morgan fingerprint density at radius 1 is 1.18 bits per heavy atom. The van der Waals surface area contributed by atoms with Crippen molar-refractivity contribution in [3.05, 3.63) is 64.4 Å². The van der Waals surface area contributed by atoms with Crippen LogP contribution in [0.15, 0.2) is 47.7 Å². The fraction of sp³-hybridized carbons (Fsp3) is 0.462. The van der Waals surface area contributed by atoms with Crippen LogP contribution in [-0.2, 0) is 14.9 Å². The van der Waals surface area contributed by atoms with Crippen LogP contribution in [-0.4, -0.2) is 49.9 Å². The molecule has 33 heavy (non-hydrogen) atoms. The average Bonchev–Trinajstić information content (AvgIpc) is 2.78. The van der Waals surface area contributed by atoms with E-state index in [2.05, 4.69) is 20.8 Å². The third-order valence-electron chi connectivity index (χ3n) is 5.17. The number of carbonyl (C=O) groups excluding carboxylic acids is 1. The van der Waals surface area contributed by atoms with E-state index in [-0.39, 0.29) is 48.2 Å². The maximum atomic E-state index is 14.9. The fourth-order valence-electron chi connectivity index (χ4n) is 3.59. The molecule has 0 spiro atoms. The normalized spacial score (nSPS) is 19.7. The molecule has 1 aromatic rings. The molecule has 1 heterocycles. The number of allylic oxidation sites excluding steroid dienone is 2. The highest BCUT2D eigenvalue weighted by molar-refractivity contribution is 6.02. The van der Waals surface area contributed by atoms with E-state index in [0.717, 1.165) is 23.0 Å². The van der Waals surface area contributed by atoms with Crippen LogP contribution in [0.5, 0.6) is 5.75 Å². The molecule has 1 N–H and O–H groups in total. The Morgan fingerprint density at radius 2 is 1.85 bits per heavy atom. The molecule has 1 aromatic carbocycles. The van der Waals surface area contributed by atoms with Gasteiger partial charge >= 0.3 is 0 Å². The molecule has 1 aliphatic heterocycles. The summed E-state index contributed by atoms with van der Waals surface area (Å²) in [6.45, 7) is 12.4. The number of halogens is 1. The zero-order chi connectivity index (χ0) is 24.8. The zero-order valence-electron chi connectivity index (χ0n) is 20.7.